The Balaban J connectivity index is 3.34. The molecular formula is C6H5FN2O3S. The minimum atomic E-state index is -3.93. The number of nitrogens with two attached hydrogens (primary N) is 1. The smallest absolute Gasteiger partial charge is 0.225 e. The van der Waals surface area contributed by atoms with Crippen LogP contribution in [-0.4, -0.2) is 8.42 Å². The minimum absolute atomic E-state index is 0.391. The van der Waals surface area contributed by atoms with Crippen LogP contribution in [0, 0.1) is 10.7 Å². The molecule has 1 aromatic carbocycles. The molecular weight excluding hydrogens is 199 g/mol. The molecule has 0 fully saturated rings. The van der Waals surface area contributed by atoms with Crippen molar-refractivity contribution >= 4 is 15.7 Å². The maximum Gasteiger partial charge on any atom is 0.238 e. The van der Waals surface area contributed by atoms with E-state index >= 15 is 0 Å². The third-order valence-corrected chi connectivity index (χ3v) is 2.26. The molecule has 1 rings (SSSR count). The number of nitroso groups, excluding NO2 is 1. The molecule has 2 N–H and O–H groups in total. The van der Waals surface area contributed by atoms with Crippen molar-refractivity contribution in [3.05, 3.63) is 28.9 Å². The largest absolute Gasteiger partial charge is 0.238 e. The van der Waals surface area contributed by atoms with Crippen LogP contribution in [0.5, 0.6) is 0 Å². The van der Waals surface area contributed by atoms with Gasteiger partial charge >= 0.3 is 0 Å². The molecule has 0 amide bonds. The molecule has 0 spiro atoms. The highest BCUT2D eigenvalue weighted by Gasteiger charge is 2.11. The second-order valence-electron chi connectivity index (χ2n) is 2.25. The Morgan fingerprint density at radius 1 is 1.38 bits per heavy atom. The number of benzene rings is 1. The first kappa shape index (κ1) is 9.75. The standard InChI is InChI=1S/C6H5FN2O3S/c7-5-3-4(13(8,11)12)1-2-6(5)9-10/h1-3H,(H2,8,11,12). The highest BCUT2D eigenvalue weighted by molar-refractivity contribution is 7.89. The summed E-state index contributed by atoms with van der Waals surface area (Å²) in [5.74, 6) is -1.01. The maximum absolute atomic E-state index is 12.8. The molecule has 0 saturated carbocycles. The Bertz CT molecular complexity index is 443. The number of hydrogen-bond acceptors (Lipinski definition) is 4. The second-order valence-corrected chi connectivity index (χ2v) is 3.81. The molecule has 0 bridgehead atoms. The van der Waals surface area contributed by atoms with Crippen LogP contribution < -0.4 is 5.14 Å². The molecule has 0 aromatic heterocycles. The predicted molar refractivity (Wildman–Crippen MR) is 43.2 cm³/mol. The van der Waals surface area contributed by atoms with Crippen molar-refractivity contribution in [1.29, 1.82) is 0 Å². The van der Waals surface area contributed by atoms with E-state index in [1.807, 2.05) is 0 Å². The van der Waals surface area contributed by atoms with Gasteiger partial charge in [0.2, 0.25) is 10.0 Å². The lowest BCUT2D eigenvalue weighted by Crippen LogP contribution is -2.12. The minimum Gasteiger partial charge on any atom is -0.225 e. The van der Waals surface area contributed by atoms with Gasteiger partial charge in [0.25, 0.3) is 0 Å². The van der Waals surface area contributed by atoms with Crippen molar-refractivity contribution < 1.29 is 12.8 Å². The summed E-state index contributed by atoms with van der Waals surface area (Å²) in [7, 11) is -3.93. The first-order chi connectivity index (χ1) is 5.95. The van der Waals surface area contributed by atoms with Crippen LogP contribution in [0.15, 0.2) is 28.3 Å². The van der Waals surface area contributed by atoms with Crippen molar-refractivity contribution in [3.63, 3.8) is 0 Å². The molecule has 70 valence electrons. The zero-order valence-corrected chi connectivity index (χ0v) is 7.08. The summed E-state index contributed by atoms with van der Waals surface area (Å²) in [6, 6.07) is 2.60. The topological polar surface area (TPSA) is 89.6 Å². The molecule has 0 unspecified atom stereocenters. The second kappa shape index (κ2) is 3.19. The van der Waals surface area contributed by atoms with E-state index in [0.717, 1.165) is 12.1 Å². The van der Waals surface area contributed by atoms with E-state index in [1.165, 1.54) is 0 Å². The molecule has 7 heteroatoms. The molecule has 5 nitrogen and oxygen atoms in total. The van der Waals surface area contributed by atoms with Gasteiger partial charge in [-0.15, -0.1) is 4.91 Å². The van der Waals surface area contributed by atoms with Gasteiger partial charge < -0.3 is 0 Å². The van der Waals surface area contributed by atoms with Crippen molar-refractivity contribution in [2.45, 2.75) is 4.90 Å². The first-order valence-corrected chi connectivity index (χ1v) is 4.65. The fourth-order valence-corrected chi connectivity index (χ4v) is 1.26. The van der Waals surface area contributed by atoms with Crippen molar-refractivity contribution in [2.24, 2.45) is 10.3 Å². The summed E-state index contributed by atoms with van der Waals surface area (Å²) < 4.78 is 34.1. The summed E-state index contributed by atoms with van der Waals surface area (Å²) >= 11 is 0. The highest BCUT2D eigenvalue weighted by Crippen LogP contribution is 2.20. The Morgan fingerprint density at radius 2 is 2.00 bits per heavy atom. The predicted octanol–water partition coefficient (Wildman–Crippen LogP) is 0.871. The number of rotatable bonds is 2. The molecule has 0 aliphatic heterocycles. The average Bonchev–Trinajstić information content (AvgIpc) is 2.02. The Kier molecular flexibility index (Phi) is 2.39. The number of primary sulfonamides is 1. The maximum atomic E-state index is 12.8. The number of nitrogens with zero attached hydrogens (tertiary/aromatic N) is 1. The zero-order chi connectivity index (χ0) is 10.1. The van der Waals surface area contributed by atoms with Gasteiger partial charge in [-0.1, -0.05) is 0 Å². The lowest BCUT2D eigenvalue weighted by atomic mass is 10.3. The van der Waals surface area contributed by atoms with Crippen LogP contribution in [0.2, 0.25) is 0 Å². The number of sulfonamides is 1. The van der Waals surface area contributed by atoms with E-state index < -0.39 is 26.4 Å². The summed E-state index contributed by atoms with van der Waals surface area (Å²) in [6.07, 6.45) is 0. The summed E-state index contributed by atoms with van der Waals surface area (Å²) in [4.78, 5) is 9.53. The quantitative estimate of drug-likeness (QED) is 0.724. The van der Waals surface area contributed by atoms with Crippen LogP contribution in [-0.2, 0) is 10.0 Å². The summed E-state index contributed by atoms with van der Waals surface area (Å²) in [5.41, 5.74) is -0.451. The van der Waals surface area contributed by atoms with Gasteiger partial charge in [0.1, 0.15) is 5.69 Å². The SMILES string of the molecule is NS(=O)(=O)c1ccc(N=O)c(F)c1. The average molecular weight is 204 g/mol. The van der Waals surface area contributed by atoms with Crippen molar-refractivity contribution in [3.8, 4) is 0 Å². The zero-order valence-electron chi connectivity index (χ0n) is 6.27. The van der Waals surface area contributed by atoms with E-state index in [-0.39, 0.29) is 0 Å². The Morgan fingerprint density at radius 3 is 2.38 bits per heavy atom. The Labute approximate surface area is 73.4 Å². The van der Waals surface area contributed by atoms with Crippen LogP contribution in [0.1, 0.15) is 0 Å². The van der Waals surface area contributed by atoms with Crippen molar-refractivity contribution in [1.82, 2.24) is 0 Å². The van der Waals surface area contributed by atoms with Crippen LogP contribution in [0.25, 0.3) is 0 Å². The molecule has 1 aromatic rings. The summed E-state index contributed by atoms with van der Waals surface area (Å²) in [6.45, 7) is 0. The Hall–Kier alpha value is -1.34. The molecule has 0 heterocycles. The van der Waals surface area contributed by atoms with Crippen LogP contribution in [0.3, 0.4) is 0 Å². The van der Waals surface area contributed by atoms with Crippen LogP contribution >= 0.6 is 0 Å². The van der Waals surface area contributed by atoms with E-state index in [4.69, 9.17) is 5.14 Å². The van der Waals surface area contributed by atoms with Gasteiger partial charge in [-0.05, 0) is 23.4 Å². The fourth-order valence-electron chi connectivity index (χ4n) is 0.739. The number of hydrogen-bond donors (Lipinski definition) is 1. The van der Waals surface area contributed by atoms with E-state index in [9.17, 15) is 17.7 Å². The van der Waals surface area contributed by atoms with E-state index in [2.05, 4.69) is 5.18 Å². The van der Waals surface area contributed by atoms with Gasteiger partial charge in [0.15, 0.2) is 5.82 Å². The third-order valence-electron chi connectivity index (χ3n) is 1.35. The van der Waals surface area contributed by atoms with E-state index in [1.54, 1.807) is 0 Å². The molecule has 0 saturated heterocycles. The van der Waals surface area contributed by atoms with E-state index in [0.29, 0.717) is 6.07 Å². The number of halogens is 1. The van der Waals surface area contributed by atoms with Gasteiger partial charge in [0, 0.05) is 0 Å². The first-order valence-electron chi connectivity index (χ1n) is 3.11. The van der Waals surface area contributed by atoms with Gasteiger partial charge in [0.05, 0.1) is 4.90 Å². The lowest BCUT2D eigenvalue weighted by molar-refractivity contribution is 0.592. The fraction of sp³-hybridized carbons (Fsp3) is 0. The normalized spacial score (nSPS) is 11.2. The highest BCUT2D eigenvalue weighted by atomic mass is 32.2. The monoisotopic (exact) mass is 204 g/mol. The van der Waals surface area contributed by atoms with Gasteiger partial charge in [-0.25, -0.2) is 17.9 Å². The third kappa shape index (κ3) is 2.07. The van der Waals surface area contributed by atoms with Crippen LogP contribution in [0.4, 0.5) is 10.1 Å². The molecule has 0 aliphatic carbocycles. The van der Waals surface area contributed by atoms with Gasteiger partial charge in [-0.2, -0.15) is 0 Å². The summed E-state index contributed by atoms with van der Waals surface area (Å²) in [5, 5.41) is 7.05. The molecule has 0 aliphatic rings. The van der Waals surface area contributed by atoms with Crippen molar-refractivity contribution in [2.75, 3.05) is 0 Å². The lowest BCUT2D eigenvalue weighted by Gasteiger charge is -1.97. The molecule has 0 radical (unpaired) electrons. The van der Waals surface area contributed by atoms with Gasteiger partial charge in [-0.3, -0.25) is 0 Å². The molecule has 0 atom stereocenters. The molecule has 13 heavy (non-hydrogen) atoms.